The summed E-state index contributed by atoms with van der Waals surface area (Å²) in [5.41, 5.74) is 0.265. The van der Waals surface area contributed by atoms with E-state index in [9.17, 15) is 13.2 Å². The van der Waals surface area contributed by atoms with Crippen LogP contribution >= 0.6 is 0 Å². The molecule has 0 aliphatic carbocycles. The van der Waals surface area contributed by atoms with Crippen LogP contribution in [0.3, 0.4) is 0 Å². The highest BCUT2D eigenvalue weighted by molar-refractivity contribution is 7.90. The number of nitrogens with zero attached hydrogens (tertiary/aromatic N) is 1. The van der Waals surface area contributed by atoms with Gasteiger partial charge in [-0.05, 0) is 18.6 Å². The first-order chi connectivity index (χ1) is 9.50. The van der Waals surface area contributed by atoms with Crippen LogP contribution in [0.25, 0.3) is 0 Å². The maximum atomic E-state index is 12.4. The summed E-state index contributed by atoms with van der Waals surface area (Å²) in [5.74, 6) is 0.499. The van der Waals surface area contributed by atoms with E-state index < -0.39 is 16.1 Å². The number of ether oxygens (including phenoxy) is 1. The minimum atomic E-state index is -3.77. The van der Waals surface area contributed by atoms with Crippen LogP contribution in [0, 0.1) is 0 Å². The molecule has 0 spiro atoms. The molecule has 1 heterocycles. The Balaban J connectivity index is 2.35. The van der Waals surface area contributed by atoms with Crippen molar-refractivity contribution in [2.75, 3.05) is 19.0 Å². The largest absolute Gasteiger partial charge is 0.497 e. The molecule has 6 nitrogen and oxygen atoms in total. The van der Waals surface area contributed by atoms with E-state index in [1.165, 1.54) is 19.2 Å². The standard InChI is InChI=1S/C13H18N2O4S/c1-3-4-5-8-15-13(16)14-11-9-10(19-2)6-7-12(11)20(15,17)18/h6-7,9H,3-5,8H2,1-2H3,(H,14,16). The third-order valence-electron chi connectivity index (χ3n) is 3.19. The highest BCUT2D eigenvalue weighted by Gasteiger charge is 2.36. The van der Waals surface area contributed by atoms with Crippen LogP contribution in [0.5, 0.6) is 5.75 Å². The monoisotopic (exact) mass is 298 g/mol. The van der Waals surface area contributed by atoms with Gasteiger partial charge in [0, 0.05) is 12.6 Å². The number of fused-ring (bicyclic) bond motifs is 1. The molecule has 0 fully saturated rings. The fraction of sp³-hybridized carbons (Fsp3) is 0.462. The molecule has 2 amide bonds. The number of nitrogens with one attached hydrogen (secondary N) is 1. The van der Waals surface area contributed by atoms with Crippen LogP contribution < -0.4 is 10.1 Å². The molecule has 1 aromatic rings. The van der Waals surface area contributed by atoms with Crippen molar-refractivity contribution >= 4 is 21.7 Å². The van der Waals surface area contributed by atoms with Crippen molar-refractivity contribution in [2.45, 2.75) is 31.1 Å². The maximum Gasteiger partial charge on any atom is 0.335 e. The molecule has 0 saturated carbocycles. The average molecular weight is 298 g/mol. The number of unbranched alkanes of at least 4 members (excludes halogenated alkanes) is 2. The summed E-state index contributed by atoms with van der Waals surface area (Å²) in [6, 6.07) is 3.92. The summed E-state index contributed by atoms with van der Waals surface area (Å²) in [7, 11) is -2.29. The van der Waals surface area contributed by atoms with Crippen molar-refractivity contribution in [3.63, 3.8) is 0 Å². The lowest BCUT2D eigenvalue weighted by molar-refractivity contribution is 0.234. The molecule has 1 aliphatic rings. The van der Waals surface area contributed by atoms with Gasteiger partial charge >= 0.3 is 6.03 Å². The van der Waals surface area contributed by atoms with Crippen LogP contribution in [0.4, 0.5) is 10.5 Å². The highest BCUT2D eigenvalue weighted by atomic mass is 32.2. The number of hydrogen-bond acceptors (Lipinski definition) is 4. The predicted octanol–water partition coefficient (Wildman–Crippen LogP) is 2.42. The van der Waals surface area contributed by atoms with Gasteiger partial charge in [-0.15, -0.1) is 0 Å². The van der Waals surface area contributed by atoms with Gasteiger partial charge < -0.3 is 10.1 Å². The number of hydrogen-bond donors (Lipinski definition) is 1. The van der Waals surface area contributed by atoms with E-state index in [0.29, 0.717) is 12.2 Å². The number of anilines is 1. The first-order valence-electron chi connectivity index (χ1n) is 6.52. The van der Waals surface area contributed by atoms with Gasteiger partial charge in [0.1, 0.15) is 10.6 Å². The fourth-order valence-electron chi connectivity index (χ4n) is 2.09. The third kappa shape index (κ3) is 2.58. The predicted molar refractivity (Wildman–Crippen MR) is 75.4 cm³/mol. The topological polar surface area (TPSA) is 75.7 Å². The SMILES string of the molecule is CCCCCN1C(=O)Nc2cc(OC)ccc2S1(=O)=O. The van der Waals surface area contributed by atoms with Gasteiger partial charge in [-0.2, -0.15) is 0 Å². The zero-order chi connectivity index (χ0) is 14.8. The molecule has 1 N–H and O–H groups in total. The molecule has 20 heavy (non-hydrogen) atoms. The summed E-state index contributed by atoms with van der Waals surface area (Å²) in [6.07, 6.45) is 2.51. The molecular formula is C13H18N2O4S. The molecule has 0 aromatic heterocycles. The summed E-state index contributed by atoms with van der Waals surface area (Å²) in [6.45, 7) is 2.22. The first-order valence-corrected chi connectivity index (χ1v) is 7.96. The Labute approximate surface area is 118 Å². The Kier molecular flexibility index (Phi) is 4.17. The average Bonchev–Trinajstić information content (AvgIpc) is 2.41. The summed E-state index contributed by atoms with van der Waals surface area (Å²) >= 11 is 0. The van der Waals surface area contributed by atoms with Gasteiger partial charge in [-0.1, -0.05) is 19.8 Å². The molecule has 110 valence electrons. The number of sulfonamides is 1. The van der Waals surface area contributed by atoms with E-state index in [1.807, 2.05) is 6.92 Å². The number of rotatable bonds is 5. The molecular weight excluding hydrogens is 280 g/mol. The zero-order valence-electron chi connectivity index (χ0n) is 11.5. The van der Waals surface area contributed by atoms with Crippen molar-refractivity contribution < 1.29 is 17.9 Å². The van der Waals surface area contributed by atoms with Crippen LogP contribution in [0.15, 0.2) is 23.1 Å². The molecule has 2 rings (SSSR count). The van der Waals surface area contributed by atoms with Crippen molar-refractivity contribution in [1.82, 2.24) is 4.31 Å². The Bertz CT molecular complexity index is 613. The highest BCUT2D eigenvalue weighted by Crippen LogP contribution is 2.33. The number of amides is 2. The summed E-state index contributed by atoms with van der Waals surface area (Å²) < 4.78 is 30.8. The molecule has 7 heteroatoms. The van der Waals surface area contributed by atoms with E-state index in [2.05, 4.69) is 5.32 Å². The van der Waals surface area contributed by atoms with Gasteiger partial charge in [0.25, 0.3) is 10.0 Å². The Morgan fingerprint density at radius 3 is 2.70 bits per heavy atom. The zero-order valence-corrected chi connectivity index (χ0v) is 12.4. The lowest BCUT2D eigenvalue weighted by atomic mass is 10.2. The second-order valence-corrected chi connectivity index (χ2v) is 6.41. The molecule has 1 aliphatic heterocycles. The molecule has 0 saturated heterocycles. The maximum absolute atomic E-state index is 12.4. The van der Waals surface area contributed by atoms with Crippen molar-refractivity contribution in [1.29, 1.82) is 0 Å². The number of carbonyl (C=O) groups is 1. The molecule has 0 bridgehead atoms. The van der Waals surface area contributed by atoms with E-state index in [1.54, 1.807) is 6.07 Å². The quantitative estimate of drug-likeness (QED) is 0.847. The molecule has 0 radical (unpaired) electrons. The Morgan fingerprint density at radius 1 is 1.30 bits per heavy atom. The lowest BCUT2D eigenvalue weighted by Crippen LogP contribution is -2.44. The van der Waals surface area contributed by atoms with Gasteiger partial charge in [-0.3, -0.25) is 0 Å². The van der Waals surface area contributed by atoms with Crippen LogP contribution in [0.1, 0.15) is 26.2 Å². The van der Waals surface area contributed by atoms with Crippen molar-refractivity contribution in [2.24, 2.45) is 0 Å². The fourth-order valence-corrected chi connectivity index (χ4v) is 3.59. The smallest absolute Gasteiger partial charge is 0.335 e. The van der Waals surface area contributed by atoms with Gasteiger partial charge in [0.15, 0.2) is 0 Å². The second-order valence-electron chi connectivity index (χ2n) is 4.58. The van der Waals surface area contributed by atoms with E-state index >= 15 is 0 Å². The van der Waals surface area contributed by atoms with E-state index in [4.69, 9.17) is 4.74 Å². The molecule has 0 unspecified atom stereocenters. The minimum Gasteiger partial charge on any atom is -0.497 e. The van der Waals surface area contributed by atoms with E-state index in [-0.39, 0.29) is 17.1 Å². The normalized spacial score (nSPS) is 16.5. The number of carbonyl (C=O) groups excluding carboxylic acids is 1. The molecule has 1 aromatic carbocycles. The summed E-state index contributed by atoms with van der Waals surface area (Å²) in [4.78, 5) is 12.1. The summed E-state index contributed by atoms with van der Waals surface area (Å²) in [5, 5.41) is 2.60. The van der Waals surface area contributed by atoms with Gasteiger partial charge in [-0.25, -0.2) is 17.5 Å². The third-order valence-corrected chi connectivity index (χ3v) is 5.03. The van der Waals surface area contributed by atoms with Gasteiger partial charge in [0.2, 0.25) is 0 Å². The van der Waals surface area contributed by atoms with Crippen LogP contribution in [-0.4, -0.2) is 32.4 Å². The minimum absolute atomic E-state index is 0.106. The molecule has 0 atom stereocenters. The van der Waals surface area contributed by atoms with Crippen molar-refractivity contribution in [3.8, 4) is 5.75 Å². The number of urea groups is 1. The lowest BCUT2D eigenvalue weighted by Gasteiger charge is -2.28. The number of methoxy groups -OCH3 is 1. The van der Waals surface area contributed by atoms with E-state index in [0.717, 1.165) is 17.1 Å². The number of benzene rings is 1. The Hall–Kier alpha value is -1.76. The Morgan fingerprint density at radius 2 is 2.05 bits per heavy atom. The van der Waals surface area contributed by atoms with Gasteiger partial charge in [0.05, 0.1) is 12.8 Å². The van der Waals surface area contributed by atoms with Crippen LogP contribution in [-0.2, 0) is 10.0 Å². The second kappa shape index (κ2) is 5.70. The van der Waals surface area contributed by atoms with Crippen LogP contribution in [0.2, 0.25) is 0 Å². The van der Waals surface area contributed by atoms with Crippen molar-refractivity contribution in [3.05, 3.63) is 18.2 Å². The first kappa shape index (κ1) is 14.6.